The number of aryl methyl sites for hydroxylation is 1. The zero-order valence-electron chi connectivity index (χ0n) is 12.1. The van der Waals surface area contributed by atoms with Crippen molar-refractivity contribution in [3.63, 3.8) is 0 Å². The molecule has 4 aromatic rings. The second-order valence-electron chi connectivity index (χ2n) is 4.98. The lowest BCUT2D eigenvalue weighted by atomic mass is 10.2. The summed E-state index contributed by atoms with van der Waals surface area (Å²) in [4.78, 5) is 9.03. The predicted octanol–water partition coefficient (Wildman–Crippen LogP) is 4.06. The van der Waals surface area contributed by atoms with E-state index in [0.29, 0.717) is 0 Å². The number of nitrogens with zero attached hydrogens (tertiary/aromatic N) is 4. The fourth-order valence-electron chi connectivity index (χ4n) is 2.57. The summed E-state index contributed by atoms with van der Waals surface area (Å²) in [5.41, 5.74) is 5.53. The third kappa shape index (κ3) is 2.10. The SMILES string of the molecule is Cc1cc(-c2csc(-c3ccsc3)n2)c(C)n1-c1ncn[nH]1. The molecule has 0 radical (unpaired) electrons. The minimum atomic E-state index is 0.731. The molecular formula is C15H13N5S2. The van der Waals surface area contributed by atoms with Gasteiger partial charge in [0.15, 0.2) is 0 Å². The number of H-pyrrole nitrogens is 1. The Morgan fingerprint density at radius 3 is 2.86 bits per heavy atom. The zero-order valence-corrected chi connectivity index (χ0v) is 13.7. The van der Waals surface area contributed by atoms with E-state index in [-0.39, 0.29) is 0 Å². The number of thiophene rings is 1. The molecular weight excluding hydrogens is 314 g/mol. The molecule has 0 aromatic carbocycles. The lowest BCUT2D eigenvalue weighted by molar-refractivity contribution is 0.879. The summed E-state index contributed by atoms with van der Waals surface area (Å²) in [6, 6.07) is 4.25. The van der Waals surface area contributed by atoms with Crippen molar-refractivity contribution in [3.8, 4) is 27.8 Å². The first kappa shape index (κ1) is 13.4. The number of aromatic nitrogens is 5. The van der Waals surface area contributed by atoms with Gasteiger partial charge in [-0.2, -0.15) is 21.4 Å². The minimum Gasteiger partial charge on any atom is -0.287 e. The van der Waals surface area contributed by atoms with Crippen LogP contribution in [0.25, 0.3) is 27.8 Å². The smallest absolute Gasteiger partial charge is 0.229 e. The second-order valence-corrected chi connectivity index (χ2v) is 6.62. The molecule has 22 heavy (non-hydrogen) atoms. The number of aromatic amines is 1. The Hall–Kier alpha value is -2.25. The van der Waals surface area contributed by atoms with Gasteiger partial charge >= 0.3 is 0 Å². The largest absolute Gasteiger partial charge is 0.287 e. The van der Waals surface area contributed by atoms with Gasteiger partial charge in [-0.15, -0.1) is 11.3 Å². The van der Waals surface area contributed by atoms with Crippen LogP contribution in [0.1, 0.15) is 11.4 Å². The zero-order chi connectivity index (χ0) is 15.1. The summed E-state index contributed by atoms with van der Waals surface area (Å²) >= 11 is 3.36. The monoisotopic (exact) mass is 327 g/mol. The average Bonchev–Trinajstić information content (AvgIpc) is 3.26. The van der Waals surface area contributed by atoms with Crippen LogP contribution in [0.5, 0.6) is 0 Å². The molecule has 0 amide bonds. The van der Waals surface area contributed by atoms with E-state index < -0.39 is 0 Å². The summed E-state index contributed by atoms with van der Waals surface area (Å²) < 4.78 is 2.06. The molecule has 0 spiro atoms. The predicted molar refractivity (Wildman–Crippen MR) is 89.6 cm³/mol. The topological polar surface area (TPSA) is 59.4 Å². The summed E-state index contributed by atoms with van der Waals surface area (Å²) in [5, 5.41) is 14.2. The van der Waals surface area contributed by atoms with Crippen LogP contribution in [0, 0.1) is 13.8 Å². The minimum absolute atomic E-state index is 0.731. The summed E-state index contributed by atoms with van der Waals surface area (Å²) in [6.45, 7) is 4.14. The first-order valence-corrected chi connectivity index (χ1v) is 8.59. The standard InChI is InChI=1S/C15H13N5S2/c1-9-5-12(10(2)20(9)15-16-8-17-19-15)13-7-22-14(18-13)11-3-4-21-6-11/h3-8H,1-2H3,(H,16,17,19). The van der Waals surface area contributed by atoms with Gasteiger partial charge in [0.25, 0.3) is 0 Å². The molecule has 110 valence electrons. The Morgan fingerprint density at radius 1 is 1.23 bits per heavy atom. The molecule has 4 rings (SSSR count). The summed E-state index contributed by atoms with van der Waals surface area (Å²) in [7, 11) is 0. The average molecular weight is 327 g/mol. The number of thiazole rings is 1. The summed E-state index contributed by atoms with van der Waals surface area (Å²) in [5.74, 6) is 0.731. The highest BCUT2D eigenvalue weighted by Crippen LogP contribution is 2.33. The van der Waals surface area contributed by atoms with Crippen molar-refractivity contribution in [3.05, 3.63) is 46.0 Å². The lowest BCUT2D eigenvalue weighted by Crippen LogP contribution is -2.01. The van der Waals surface area contributed by atoms with Crippen LogP contribution in [0.4, 0.5) is 0 Å². The van der Waals surface area contributed by atoms with Crippen molar-refractivity contribution in [2.24, 2.45) is 0 Å². The van der Waals surface area contributed by atoms with Crippen LogP contribution < -0.4 is 0 Å². The van der Waals surface area contributed by atoms with E-state index >= 15 is 0 Å². The highest BCUT2D eigenvalue weighted by molar-refractivity contribution is 7.14. The Labute approximate surface area is 135 Å². The number of rotatable bonds is 3. The number of hydrogen-bond donors (Lipinski definition) is 1. The van der Waals surface area contributed by atoms with Gasteiger partial charge in [0.05, 0.1) is 5.69 Å². The van der Waals surface area contributed by atoms with Gasteiger partial charge in [0, 0.05) is 33.3 Å². The van der Waals surface area contributed by atoms with Gasteiger partial charge in [0.1, 0.15) is 11.3 Å². The molecule has 7 heteroatoms. The fourth-order valence-corrected chi connectivity index (χ4v) is 4.10. The van der Waals surface area contributed by atoms with Crippen LogP contribution in [0.3, 0.4) is 0 Å². The van der Waals surface area contributed by atoms with Gasteiger partial charge in [0.2, 0.25) is 5.95 Å². The summed E-state index contributed by atoms with van der Waals surface area (Å²) in [6.07, 6.45) is 1.52. The molecule has 4 aromatic heterocycles. The van der Waals surface area contributed by atoms with Gasteiger partial charge in [-0.1, -0.05) is 0 Å². The van der Waals surface area contributed by atoms with Gasteiger partial charge in [-0.3, -0.25) is 4.57 Å². The first-order chi connectivity index (χ1) is 10.7. The van der Waals surface area contributed by atoms with Gasteiger partial charge < -0.3 is 0 Å². The molecule has 0 aliphatic rings. The molecule has 0 aliphatic heterocycles. The lowest BCUT2D eigenvalue weighted by Gasteiger charge is -2.04. The third-order valence-electron chi connectivity index (χ3n) is 3.59. The molecule has 0 saturated carbocycles. The molecule has 0 aliphatic carbocycles. The number of nitrogens with one attached hydrogen (secondary N) is 1. The fraction of sp³-hybridized carbons (Fsp3) is 0.133. The Morgan fingerprint density at radius 2 is 2.14 bits per heavy atom. The van der Waals surface area contributed by atoms with E-state index in [9.17, 15) is 0 Å². The normalized spacial score (nSPS) is 11.2. The van der Waals surface area contributed by atoms with Crippen molar-refractivity contribution in [2.45, 2.75) is 13.8 Å². The quantitative estimate of drug-likeness (QED) is 0.617. The van der Waals surface area contributed by atoms with Crippen LogP contribution in [-0.2, 0) is 0 Å². The molecule has 1 N–H and O–H groups in total. The van der Waals surface area contributed by atoms with Crippen molar-refractivity contribution in [1.82, 2.24) is 24.7 Å². The van der Waals surface area contributed by atoms with Crippen LogP contribution in [-0.4, -0.2) is 24.7 Å². The van der Waals surface area contributed by atoms with E-state index in [4.69, 9.17) is 4.98 Å². The Bertz CT molecular complexity index is 900. The van der Waals surface area contributed by atoms with Gasteiger partial charge in [-0.05, 0) is 31.4 Å². The van der Waals surface area contributed by atoms with E-state index in [1.165, 1.54) is 11.9 Å². The molecule has 0 fully saturated rings. The molecule has 0 saturated heterocycles. The maximum absolute atomic E-state index is 4.79. The highest BCUT2D eigenvalue weighted by atomic mass is 32.1. The van der Waals surface area contributed by atoms with Crippen molar-refractivity contribution >= 4 is 22.7 Å². The molecule has 0 unspecified atom stereocenters. The Kier molecular flexibility index (Phi) is 3.16. The maximum atomic E-state index is 4.79. The highest BCUT2D eigenvalue weighted by Gasteiger charge is 2.16. The molecule has 4 heterocycles. The third-order valence-corrected chi connectivity index (χ3v) is 5.17. The van der Waals surface area contributed by atoms with E-state index in [2.05, 4.69) is 61.9 Å². The molecule has 5 nitrogen and oxygen atoms in total. The second kappa shape index (κ2) is 5.19. The Balaban J connectivity index is 1.80. The van der Waals surface area contributed by atoms with Crippen LogP contribution >= 0.6 is 22.7 Å². The van der Waals surface area contributed by atoms with Crippen LogP contribution in [0.2, 0.25) is 0 Å². The van der Waals surface area contributed by atoms with Gasteiger partial charge in [-0.25, -0.2) is 10.1 Å². The van der Waals surface area contributed by atoms with E-state index in [1.807, 2.05) is 0 Å². The van der Waals surface area contributed by atoms with Crippen molar-refractivity contribution in [1.29, 1.82) is 0 Å². The first-order valence-electron chi connectivity index (χ1n) is 6.77. The molecule has 0 bridgehead atoms. The van der Waals surface area contributed by atoms with Crippen molar-refractivity contribution < 1.29 is 0 Å². The van der Waals surface area contributed by atoms with E-state index in [0.717, 1.165) is 33.6 Å². The van der Waals surface area contributed by atoms with E-state index in [1.54, 1.807) is 22.7 Å². The molecule has 0 atom stereocenters. The van der Waals surface area contributed by atoms with Crippen molar-refractivity contribution in [2.75, 3.05) is 0 Å². The van der Waals surface area contributed by atoms with Crippen LogP contribution in [0.15, 0.2) is 34.6 Å². The number of hydrogen-bond acceptors (Lipinski definition) is 5. The maximum Gasteiger partial charge on any atom is 0.229 e.